The predicted molar refractivity (Wildman–Crippen MR) is 79.8 cm³/mol. The molecular formula is C14H17Cl2N3. The number of nitrogens with zero attached hydrogens (tertiary/aromatic N) is 1. The van der Waals surface area contributed by atoms with E-state index >= 15 is 0 Å². The standard InChI is InChI=1S/C14H17Cl2N3/c1-14(2,9-17-8-13-18-5-6-19-13)10-3-4-11(15)12(16)7-10/h3-7,17H,8-9H2,1-2H3,(H,18,19). The van der Waals surface area contributed by atoms with Crippen molar-refractivity contribution in [1.82, 2.24) is 15.3 Å². The Hall–Kier alpha value is -1.03. The van der Waals surface area contributed by atoms with Gasteiger partial charge in [0.2, 0.25) is 0 Å². The lowest BCUT2D eigenvalue weighted by atomic mass is 9.84. The number of aromatic nitrogens is 2. The lowest BCUT2D eigenvalue weighted by Gasteiger charge is -2.26. The quantitative estimate of drug-likeness (QED) is 0.882. The normalized spacial score (nSPS) is 11.8. The maximum absolute atomic E-state index is 6.07. The predicted octanol–water partition coefficient (Wildman–Crippen LogP) is 3.78. The molecule has 0 atom stereocenters. The van der Waals surface area contributed by atoms with Crippen LogP contribution in [0.1, 0.15) is 25.2 Å². The first-order chi connectivity index (χ1) is 8.99. The van der Waals surface area contributed by atoms with Crippen LogP contribution in [0.15, 0.2) is 30.6 Å². The zero-order chi connectivity index (χ0) is 13.9. The van der Waals surface area contributed by atoms with Gasteiger partial charge in [-0.05, 0) is 17.7 Å². The molecule has 0 spiro atoms. The molecule has 2 aromatic rings. The summed E-state index contributed by atoms with van der Waals surface area (Å²) in [6.07, 6.45) is 3.57. The molecule has 0 aliphatic rings. The molecule has 5 heteroatoms. The van der Waals surface area contributed by atoms with Crippen LogP contribution in [-0.2, 0) is 12.0 Å². The molecule has 0 unspecified atom stereocenters. The van der Waals surface area contributed by atoms with E-state index in [0.29, 0.717) is 10.0 Å². The van der Waals surface area contributed by atoms with Gasteiger partial charge in [-0.3, -0.25) is 0 Å². The van der Waals surface area contributed by atoms with Crippen LogP contribution in [-0.4, -0.2) is 16.5 Å². The molecule has 0 aliphatic heterocycles. The highest BCUT2D eigenvalue weighted by molar-refractivity contribution is 6.42. The lowest BCUT2D eigenvalue weighted by molar-refractivity contribution is 0.465. The van der Waals surface area contributed by atoms with Crippen molar-refractivity contribution < 1.29 is 0 Å². The number of halogens is 2. The van der Waals surface area contributed by atoms with Crippen LogP contribution in [0.2, 0.25) is 10.0 Å². The summed E-state index contributed by atoms with van der Waals surface area (Å²) in [7, 11) is 0. The molecule has 0 amide bonds. The van der Waals surface area contributed by atoms with E-state index in [1.807, 2.05) is 24.4 Å². The molecule has 1 aromatic carbocycles. The minimum absolute atomic E-state index is 0.0270. The first-order valence-corrected chi connectivity index (χ1v) is 6.89. The van der Waals surface area contributed by atoms with Gasteiger partial charge in [0.15, 0.2) is 0 Å². The number of rotatable bonds is 5. The second-order valence-corrected chi connectivity index (χ2v) is 5.97. The van der Waals surface area contributed by atoms with Gasteiger partial charge in [-0.25, -0.2) is 4.98 Å². The number of imidazole rings is 1. The Morgan fingerprint density at radius 3 is 2.68 bits per heavy atom. The van der Waals surface area contributed by atoms with Crippen molar-refractivity contribution in [3.05, 3.63) is 52.0 Å². The molecule has 0 saturated carbocycles. The van der Waals surface area contributed by atoms with E-state index in [1.54, 1.807) is 6.20 Å². The SMILES string of the molecule is CC(C)(CNCc1ncc[nH]1)c1ccc(Cl)c(Cl)c1. The Morgan fingerprint density at radius 1 is 1.26 bits per heavy atom. The van der Waals surface area contributed by atoms with Gasteiger partial charge in [0.05, 0.1) is 16.6 Å². The number of nitrogens with one attached hydrogen (secondary N) is 2. The van der Waals surface area contributed by atoms with Gasteiger partial charge in [-0.15, -0.1) is 0 Å². The summed E-state index contributed by atoms with van der Waals surface area (Å²) in [4.78, 5) is 7.25. The minimum Gasteiger partial charge on any atom is -0.348 e. The minimum atomic E-state index is -0.0270. The van der Waals surface area contributed by atoms with Crippen LogP contribution in [0.4, 0.5) is 0 Å². The monoisotopic (exact) mass is 297 g/mol. The highest BCUT2D eigenvalue weighted by Crippen LogP contribution is 2.29. The van der Waals surface area contributed by atoms with Gasteiger partial charge >= 0.3 is 0 Å². The Kier molecular flexibility index (Phi) is 4.50. The zero-order valence-electron chi connectivity index (χ0n) is 11.0. The number of hydrogen-bond acceptors (Lipinski definition) is 2. The average Bonchev–Trinajstić information content (AvgIpc) is 2.85. The molecule has 0 radical (unpaired) electrons. The summed E-state index contributed by atoms with van der Waals surface area (Å²) in [5.74, 6) is 0.935. The van der Waals surface area contributed by atoms with E-state index in [4.69, 9.17) is 23.2 Å². The maximum Gasteiger partial charge on any atom is 0.120 e. The fourth-order valence-corrected chi connectivity index (χ4v) is 2.21. The van der Waals surface area contributed by atoms with Crippen molar-refractivity contribution in [3.8, 4) is 0 Å². The number of aromatic amines is 1. The van der Waals surface area contributed by atoms with Gasteiger partial charge in [0.1, 0.15) is 5.82 Å². The van der Waals surface area contributed by atoms with E-state index in [0.717, 1.165) is 24.5 Å². The summed E-state index contributed by atoms with van der Waals surface area (Å²) in [6.45, 7) is 5.88. The Labute approximate surface area is 123 Å². The number of benzene rings is 1. The molecule has 102 valence electrons. The topological polar surface area (TPSA) is 40.7 Å². The maximum atomic E-state index is 6.07. The fourth-order valence-electron chi connectivity index (χ4n) is 1.91. The molecule has 0 aliphatic carbocycles. The molecule has 1 aromatic heterocycles. The molecule has 0 fully saturated rings. The highest BCUT2D eigenvalue weighted by atomic mass is 35.5. The van der Waals surface area contributed by atoms with Crippen molar-refractivity contribution in [2.75, 3.05) is 6.54 Å². The highest BCUT2D eigenvalue weighted by Gasteiger charge is 2.21. The van der Waals surface area contributed by atoms with Gasteiger partial charge < -0.3 is 10.3 Å². The van der Waals surface area contributed by atoms with Crippen LogP contribution in [0.5, 0.6) is 0 Å². The lowest BCUT2D eigenvalue weighted by Crippen LogP contribution is -2.32. The molecule has 0 bridgehead atoms. The van der Waals surface area contributed by atoms with Crippen molar-refractivity contribution >= 4 is 23.2 Å². The summed E-state index contributed by atoms with van der Waals surface area (Å²) < 4.78 is 0. The van der Waals surface area contributed by atoms with Gasteiger partial charge in [-0.2, -0.15) is 0 Å². The summed E-state index contributed by atoms with van der Waals surface area (Å²) in [5, 5.41) is 4.57. The summed E-state index contributed by atoms with van der Waals surface area (Å²) >= 11 is 12.0. The van der Waals surface area contributed by atoms with Gasteiger partial charge in [-0.1, -0.05) is 43.1 Å². The number of hydrogen-bond donors (Lipinski definition) is 2. The smallest absolute Gasteiger partial charge is 0.120 e. The third-order valence-corrected chi connectivity index (χ3v) is 3.85. The van der Waals surface area contributed by atoms with Crippen molar-refractivity contribution in [2.45, 2.75) is 25.8 Å². The first-order valence-electron chi connectivity index (χ1n) is 6.13. The van der Waals surface area contributed by atoms with E-state index in [9.17, 15) is 0 Å². The molecule has 2 rings (SSSR count). The van der Waals surface area contributed by atoms with Crippen molar-refractivity contribution in [2.24, 2.45) is 0 Å². The largest absolute Gasteiger partial charge is 0.348 e. The van der Waals surface area contributed by atoms with Gasteiger partial charge in [0, 0.05) is 24.4 Å². The Morgan fingerprint density at radius 2 is 2.05 bits per heavy atom. The zero-order valence-corrected chi connectivity index (χ0v) is 12.5. The molecule has 3 nitrogen and oxygen atoms in total. The van der Waals surface area contributed by atoms with E-state index < -0.39 is 0 Å². The van der Waals surface area contributed by atoms with Crippen LogP contribution >= 0.6 is 23.2 Å². The third-order valence-electron chi connectivity index (χ3n) is 3.12. The van der Waals surface area contributed by atoms with Crippen LogP contribution in [0.25, 0.3) is 0 Å². The van der Waals surface area contributed by atoms with Crippen LogP contribution in [0.3, 0.4) is 0 Å². The van der Waals surface area contributed by atoms with E-state index in [1.165, 1.54) is 0 Å². The summed E-state index contributed by atoms with van der Waals surface area (Å²) in [5.41, 5.74) is 1.13. The number of H-pyrrole nitrogens is 1. The Balaban J connectivity index is 1.98. The van der Waals surface area contributed by atoms with Crippen molar-refractivity contribution in [1.29, 1.82) is 0 Å². The molecular weight excluding hydrogens is 281 g/mol. The molecule has 19 heavy (non-hydrogen) atoms. The third kappa shape index (κ3) is 3.72. The average molecular weight is 298 g/mol. The van der Waals surface area contributed by atoms with E-state index in [2.05, 4.69) is 29.1 Å². The fraction of sp³-hybridized carbons (Fsp3) is 0.357. The molecule has 1 heterocycles. The Bertz CT molecular complexity index is 536. The first kappa shape index (κ1) is 14.4. The molecule has 2 N–H and O–H groups in total. The van der Waals surface area contributed by atoms with Crippen molar-refractivity contribution in [3.63, 3.8) is 0 Å². The van der Waals surface area contributed by atoms with Gasteiger partial charge in [0.25, 0.3) is 0 Å². The second kappa shape index (κ2) is 5.95. The second-order valence-electron chi connectivity index (χ2n) is 5.15. The molecule has 0 saturated heterocycles. The summed E-state index contributed by atoms with van der Waals surface area (Å²) in [6, 6.07) is 5.79. The van der Waals surface area contributed by atoms with Crippen LogP contribution < -0.4 is 5.32 Å². The van der Waals surface area contributed by atoms with Crippen LogP contribution in [0, 0.1) is 0 Å². The van der Waals surface area contributed by atoms with E-state index in [-0.39, 0.29) is 5.41 Å².